The molecule has 0 spiro atoms. The van der Waals surface area contributed by atoms with Crippen molar-refractivity contribution in [3.8, 4) is 33.6 Å². The van der Waals surface area contributed by atoms with Crippen molar-refractivity contribution in [3.05, 3.63) is 157 Å². The maximum Gasteiger partial charge on any atom is 0.0240 e. The van der Waals surface area contributed by atoms with Gasteiger partial charge in [0.15, 0.2) is 0 Å². The fourth-order valence-corrected chi connectivity index (χ4v) is 16.8. The molecule has 4 heterocycles. The molecule has 1 aliphatic rings. The first-order valence-corrected chi connectivity index (χ1v) is 22.0. The van der Waals surface area contributed by atoms with Crippen molar-refractivity contribution in [2.45, 2.75) is 26.9 Å². The van der Waals surface area contributed by atoms with Crippen molar-refractivity contribution < 1.29 is 20.1 Å². The van der Waals surface area contributed by atoms with E-state index in [9.17, 15) is 0 Å². The van der Waals surface area contributed by atoms with Gasteiger partial charge in [-0.1, -0.05) is 52.9 Å². The summed E-state index contributed by atoms with van der Waals surface area (Å²) in [7, 11) is -1.71. The number of thiophene rings is 1. The van der Waals surface area contributed by atoms with Gasteiger partial charge in [-0.2, -0.15) is 11.3 Å². The Morgan fingerprint density at radius 3 is 2.00 bits per heavy atom. The molecule has 2 nitrogen and oxygen atoms in total. The van der Waals surface area contributed by atoms with Gasteiger partial charge in [0, 0.05) is 31.0 Å². The normalized spacial score (nSPS) is 12.7. The summed E-state index contributed by atoms with van der Waals surface area (Å²) in [5.74, 6) is 0. The predicted molar refractivity (Wildman–Crippen MR) is 213 cm³/mol. The fourth-order valence-electron chi connectivity index (χ4n) is 6.99. The Morgan fingerprint density at radius 2 is 1.28 bits per heavy atom. The molecule has 5 aromatic carbocycles. The first-order chi connectivity index (χ1) is 23.9. The van der Waals surface area contributed by atoms with Crippen LogP contribution in [0.1, 0.15) is 11.1 Å². The minimum atomic E-state index is -1.71. The molecule has 0 aliphatic carbocycles. The van der Waals surface area contributed by atoms with Crippen molar-refractivity contribution in [2.24, 2.45) is 0 Å². The summed E-state index contributed by atoms with van der Waals surface area (Å²) in [5, 5.41) is 5.70. The zero-order valence-electron chi connectivity index (χ0n) is 28.2. The molecule has 6 heteroatoms. The zero-order chi connectivity index (χ0) is 33.5. The first-order valence-electron chi connectivity index (χ1n) is 16.5. The van der Waals surface area contributed by atoms with Gasteiger partial charge in [0.25, 0.3) is 0 Å². The number of hydrogen-bond donors (Lipinski definition) is 0. The van der Waals surface area contributed by atoms with E-state index in [2.05, 4.69) is 146 Å². The van der Waals surface area contributed by atoms with Gasteiger partial charge in [0.1, 0.15) is 0 Å². The third kappa shape index (κ3) is 6.49. The van der Waals surface area contributed by atoms with Crippen LogP contribution in [-0.2, 0) is 20.1 Å². The van der Waals surface area contributed by atoms with Gasteiger partial charge in [-0.05, 0) is 59.0 Å². The number of rotatable bonds is 3. The Kier molecular flexibility index (Phi) is 9.87. The molecule has 50 heavy (non-hydrogen) atoms. The Labute approximate surface area is 319 Å². The Bertz CT molecular complexity index is 2460. The molecule has 0 saturated carbocycles. The average molecular weight is 922 g/mol. The van der Waals surface area contributed by atoms with Gasteiger partial charge in [-0.25, -0.2) is 0 Å². The van der Waals surface area contributed by atoms with Crippen molar-refractivity contribution in [3.63, 3.8) is 0 Å². The molecule has 0 saturated heterocycles. The topological polar surface area (TPSA) is 25.8 Å². The quantitative estimate of drug-likeness (QED) is 0.131. The molecule has 1 aliphatic heterocycles. The number of fused-ring (bicyclic) bond motifs is 5. The molecule has 0 amide bonds. The van der Waals surface area contributed by atoms with E-state index in [0.29, 0.717) is 15.0 Å². The molecule has 8 aromatic rings. The molecule has 9 rings (SSSR count). The maximum absolute atomic E-state index is 4.58. The van der Waals surface area contributed by atoms with Crippen LogP contribution < -0.4 is 19.3 Å². The van der Waals surface area contributed by atoms with E-state index in [1.807, 2.05) is 48.0 Å². The van der Waals surface area contributed by atoms with E-state index in [1.54, 1.807) is 9.65 Å². The number of aromatic nitrogens is 2. The Hall–Kier alpha value is -3.99. The Balaban J connectivity index is 0.000000157. The maximum atomic E-state index is 4.58. The predicted octanol–water partition coefficient (Wildman–Crippen LogP) is 8.54. The van der Waals surface area contributed by atoms with E-state index in [1.165, 1.54) is 57.6 Å². The average Bonchev–Trinajstić information content (AvgIpc) is 3.50. The van der Waals surface area contributed by atoms with Crippen molar-refractivity contribution >= 4 is 73.8 Å². The third-order valence-electron chi connectivity index (χ3n) is 9.19. The fraction of sp³-hybridized carbons (Fsp3) is 0.0909. The summed E-state index contributed by atoms with van der Waals surface area (Å²) in [6, 6.07) is 50.1. The molecule has 0 unspecified atom stereocenters. The van der Waals surface area contributed by atoms with Crippen LogP contribution in [0.3, 0.4) is 0 Å². The smallest absolute Gasteiger partial charge is 0.0240 e. The summed E-state index contributed by atoms with van der Waals surface area (Å²) in [6.07, 6.45) is 3.71. The minimum absolute atomic E-state index is 0. The van der Waals surface area contributed by atoms with Gasteiger partial charge in [-0.15, -0.1) is 23.8 Å². The van der Waals surface area contributed by atoms with Gasteiger partial charge in [-0.3, -0.25) is 0 Å². The number of hydrogen-bond acceptors (Lipinski definition) is 3. The van der Waals surface area contributed by atoms with Crippen LogP contribution >= 0.6 is 11.3 Å². The van der Waals surface area contributed by atoms with Gasteiger partial charge < -0.3 is 4.98 Å². The molecule has 0 N–H and O–H groups in total. The van der Waals surface area contributed by atoms with E-state index in [-0.39, 0.29) is 20.1 Å². The van der Waals surface area contributed by atoms with Crippen LogP contribution in [0.25, 0.3) is 53.8 Å². The summed E-state index contributed by atoms with van der Waals surface area (Å²) in [6.45, 7) is 9.23. The molecule has 0 bridgehead atoms. The number of aryl methyl sites for hydroxylation is 2. The summed E-state index contributed by atoms with van der Waals surface area (Å²) < 4.78 is 5.62. The van der Waals surface area contributed by atoms with Gasteiger partial charge in [0.05, 0.1) is 0 Å². The standard InChI is InChI=1S/C25H18NS.C19H16NSeSi.Ir/c1-16-12-17(2)14-19(13-16)18-9-10-24-22(15-18)20-6-5-7-21(25(20)27-24)23-8-3-4-11-26-23;1-22(2)18-12-4-3-10-16(18)21-17-11-7-8-14(19(17)22)15-9-5-6-13-20-15;/h3-6,8-15H,1-2H3;3-7,9-13H,1-2H3;/q2*-1;. The van der Waals surface area contributed by atoms with Crippen LogP contribution in [0.15, 0.2) is 134 Å². The second kappa shape index (κ2) is 14.3. The van der Waals surface area contributed by atoms with Crippen molar-refractivity contribution in [1.82, 2.24) is 9.97 Å². The first kappa shape index (κ1) is 34.5. The van der Waals surface area contributed by atoms with Crippen LogP contribution in [0, 0.1) is 26.0 Å². The molecule has 0 fully saturated rings. The monoisotopic (exact) mass is 923 g/mol. The Morgan fingerprint density at radius 1 is 0.620 bits per heavy atom. The van der Waals surface area contributed by atoms with Crippen LogP contribution in [0.2, 0.25) is 13.1 Å². The summed E-state index contributed by atoms with van der Waals surface area (Å²) in [4.78, 5) is 9.11. The SMILES string of the molecule is C[Si]1(C)c2ccccc2[Se]c2cc[c-]c(-c3ccccn3)c21.Cc1cc(C)cc(-c2ccc3sc4c(-c5ccccn5)[c-]ccc4c3c2)c1.[Ir]. The number of pyridine rings is 2. The zero-order valence-corrected chi connectivity index (χ0v) is 34.2. The van der Waals surface area contributed by atoms with Gasteiger partial charge in [0.2, 0.25) is 0 Å². The van der Waals surface area contributed by atoms with E-state index < -0.39 is 8.07 Å². The molecule has 3 aromatic heterocycles. The number of benzene rings is 5. The van der Waals surface area contributed by atoms with Crippen LogP contribution in [0.4, 0.5) is 0 Å². The van der Waals surface area contributed by atoms with E-state index >= 15 is 0 Å². The number of nitrogens with zero attached hydrogens (tertiary/aromatic N) is 2. The molecule has 0 atom stereocenters. The molecular weight excluding hydrogens is 888 g/mol. The summed E-state index contributed by atoms with van der Waals surface area (Å²) in [5.41, 5.74) is 9.47. The molecule has 1 radical (unpaired) electrons. The second-order valence-corrected chi connectivity index (χ2v) is 20.6. The van der Waals surface area contributed by atoms with Crippen LogP contribution in [-0.4, -0.2) is 33.0 Å². The van der Waals surface area contributed by atoms with Crippen LogP contribution in [0.5, 0.6) is 0 Å². The third-order valence-corrected chi connectivity index (χ3v) is 17.1. The van der Waals surface area contributed by atoms with Crippen molar-refractivity contribution in [2.75, 3.05) is 0 Å². The van der Waals surface area contributed by atoms with Gasteiger partial charge >= 0.3 is 139 Å². The minimum Gasteiger partial charge on any atom is -0.305 e. The summed E-state index contributed by atoms with van der Waals surface area (Å²) >= 11 is 2.20. The van der Waals surface area contributed by atoms with E-state index in [4.69, 9.17) is 0 Å². The van der Waals surface area contributed by atoms with Crippen molar-refractivity contribution in [1.29, 1.82) is 0 Å². The second-order valence-electron chi connectivity index (χ2n) is 13.0. The van der Waals surface area contributed by atoms with E-state index in [0.717, 1.165) is 17.0 Å². The molecular formula is C44H34IrN2SSeSi-2. The largest absolute Gasteiger partial charge is 0.305 e. The molecule has 247 valence electrons.